The Morgan fingerprint density at radius 1 is 0.313 bits per heavy atom. The van der Waals surface area contributed by atoms with E-state index in [1.807, 2.05) is 6.07 Å². The number of furan rings is 1. The van der Waals surface area contributed by atoms with Crippen LogP contribution in [0.15, 0.2) is 265 Å². The van der Waals surface area contributed by atoms with Crippen molar-refractivity contribution in [3.63, 3.8) is 0 Å². The highest BCUT2D eigenvalue weighted by Gasteiger charge is 2.46. The van der Waals surface area contributed by atoms with Crippen LogP contribution in [0.5, 0.6) is 0 Å². The molecule has 0 aliphatic heterocycles. The number of benzene rings is 11. The Labute approximate surface area is 390 Å². The van der Waals surface area contributed by atoms with Gasteiger partial charge in [-0.3, -0.25) is 0 Å². The number of hydrogen-bond donors (Lipinski definition) is 0. The molecule has 0 bridgehead atoms. The van der Waals surface area contributed by atoms with Gasteiger partial charge in [-0.05, 0) is 132 Å². The van der Waals surface area contributed by atoms with Crippen LogP contribution in [0.4, 0.5) is 17.1 Å². The summed E-state index contributed by atoms with van der Waals surface area (Å²) >= 11 is 0. The van der Waals surface area contributed by atoms with Crippen LogP contribution in [0, 0.1) is 0 Å². The van der Waals surface area contributed by atoms with Gasteiger partial charge in [0.05, 0.1) is 11.1 Å². The molecule has 0 atom stereocenters. The zero-order chi connectivity index (χ0) is 44.3. The van der Waals surface area contributed by atoms with Gasteiger partial charge in [0.15, 0.2) is 5.58 Å². The smallest absolute Gasteiger partial charge is 0.159 e. The van der Waals surface area contributed by atoms with E-state index < -0.39 is 5.41 Å². The summed E-state index contributed by atoms with van der Waals surface area (Å²) in [4.78, 5) is 2.33. The molecule has 0 fully saturated rings. The molecule has 0 radical (unpaired) electrons. The predicted molar refractivity (Wildman–Crippen MR) is 280 cm³/mol. The molecule has 0 unspecified atom stereocenters. The summed E-state index contributed by atoms with van der Waals surface area (Å²) in [6, 6.07) is 94.9. The monoisotopic (exact) mass is 853 g/mol. The first kappa shape index (κ1) is 38.7. The lowest BCUT2D eigenvalue weighted by atomic mass is 9.67. The lowest BCUT2D eigenvalue weighted by molar-refractivity contribution is 0.669. The Kier molecular flexibility index (Phi) is 9.11. The number of anilines is 3. The summed E-state index contributed by atoms with van der Waals surface area (Å²) in [5.41, 5.74) is 19.1. The molecule has 11 aromatic carbocycles. The minimum absolute atomic E-state index is 0.462. The van der Waals surface area contributed by atoms with E-state index in [1.165, 1.54) is 66.4 Å². The lowest BCUT2D eigenvalue weighted by Crippen LogP contribution is -2.28. The van der Waals surface area contributed by atoms with Crippen LogP contribution in [-0.2, 0) is 5.41 Å². The van der Waals surface area contributed by atoms with E-state index in [4.69, 9.17) is 4.42 Å². The van der Waals surface area contributed by atoms with Gasteiger partial charge in [0.1, 0.15) is 5.58 Å². The van der Waals surface area contributed by atoms with Gasteiger partial charge in [-0.1, -0.05) is 206 Å². The van der Waals surface area contributed by atoms with Crippen LogP contribution in [-0.4, -0.2) is 0 Å². The molecule has 1 aliphatic carbocycles. The van der Waals surface area contributed by atoms with Gasteiger partial charge < -0.3 is 9.32 Å². The maximum atomic E-state index is 6.70. The van der Waals surface area contributed by atoms with E-state index in [9.17, 15) is 0 Å². The average molecular weight is 854 g/mol. The van der Waals surface area contributed by atoms with Crippen molar-refractivity contribution in [3.8, 4) is 44.5 Å². The second-order valence-electron chi connectivity index (χ2n) is 17.6. The Bertz CT molecular complexity index is 3750. The third kappa shape index (κ3) is 6.33. The Morgan fingerprint density at radius 2 is 0.836 bits per heavy atom. The maximum Gasteiger partial charge on any atom is 0.159 e. The molecule has 2 nitrogen and oxygen atoms in total. The van der Waals surface area contributed by atoms with Gasteiger partial charge in [0.25, 0.3) is 0 Å². The lowest BCUT2D eigenvalue weighted by Gasteiger charge is -2.34. The molecule has 1 aliphatic rings. The molecule has 67 heavy (non-hydrogen) atoms. The fourth-order valence-electron chi connectivity index (χ4n) is 10.8. The van der Waals surface area contributed by atoms with E-state index >= 15 is 0 Å². The fourth-order valence-corrected chi connectivity index (χ4v) is 10.8. The number of fused-ring (bicyclic) bond motifs is 7. The molecule has 314 valence electrons. The number of nitrogens with zero attached hydrogens (tertiary/aromatic N) is 1. The van der Waals surface area contributed by atoms with Crippen molar-refractivity contribution in [2.75, 3.05) is 4.90 Å². The first-order chi connectivity index (χ1) is 33.2. The molecule has 0 N–H and O–H groups in total. The van der Waals surface area contributed by atoms with Crippen LogP contribution in [0.25, 0.3) is 77.2 Å². The zero-order valence-electron chi connectivity index (χ0n) is 36.7. The van der Waals surface area contributed by atoms with Crippen LogP contribution in [0.2, 0.25) is 0 Å². The summed E-state index contributed by atoms with van der Waals surface area (Å²) in [7, 11) is 0. The minimum atomic E-state index is -0.462. The number of hydrogen-bond acceptors (Lipinski definition) is 2. The van der Waals surface area contributed by atoms with E-state index in [0.29, 0.717) is 0 Å². The molecule has 0 spiro atoms. The summed E-state index contributed by atoms with van der Waals surface area (Å²) in [5, 5.41) is 4.70. The Morgan fingerprint density at radius 3 is 1.57 bits per heavy atom. The van der Waals surface area contributed by atoms with Crippen molar-refractivity contribution in [1.82, 2.24) is 0 Å². The summed E-state index contributed by atoms with van der Waals surface area (Å²) < 4.78 is 6.70. The van der Waals surface area contributed by atoms with Gasteiger partial charge in [0, 0.05) is 22.1 Å². The zero-order valence-corrected chi connectivity index (χ0v) is 36.7. The first-order valence-corrected chi connectivity index (χ1v) is 23.1. The predicted octanol–water partition coefficient (Wildman–Crippen LogP) is 17.6. The van der Waals surface area contributed by atoms with Gasteiger partial charge in [0.2, 0.25) is 0 Å². The highest BCUT2D eigenvalue weighted by atomic mass is 16.3. The average Bonchev–Trinajstić information content (AvgIpc) is 3.94. The van der Waals surface area contributed by atoms with E-state index in [1.54, 1.807) is 0 Å². The summed E-state index contributed by atoms with van der Waals surface area (Å²) in [6.07, 6.45) is 0. The number of rotatable bonds is 8. The fraction of sp³-hybridized carbons (Fsp3) is 0.0154. The van der Waals surface area contributed by atoms with E-state index in [0.717, 1.165) is 50.1 Å². The molecule has 0 saturated carbocycles. The van der Waals surface area contributed by atoms with Crippen molar-refractivity contribution >= 4 is 49.8 Å². The Balaban J connectivity index is 0.912. The Hall–Kier alpha value is -8.72. The van der Waals surface area contributed by atoms with Gasteiger partial charge >= 0.3 is 0 Å². The van der Waals surface area contributed by atoms with E-state index in [-0.39, 0.29) is 0 Å². The molecule has 1 aromatic heterocycles. The third-order valence-electron chi connectivity index (χ3n) is 13.9. The number of para-hydroxylation sites is 2. The van der Waals surface area contributed by atoms with Gasteiger partial charge in [-0.2, -0.15) is 0 Å². The summed E-state index contributed by atoms with van der Waals surface area (Å²) in [5.74, 6) is 0. The van der Waals surface area contributed by atoms with Crippen molar-refractivity contribution in [3.05, 3.63) is 283 Å². The standard InChI is InChI=1S/C65H43NO/c1-3-19-52(20-4-1)65(53-21-5-2-6-22-53)60-26-11-9-23-56(60)57-40-35-51(43-61(57)65)46-33-38-55(39-34-46)66(62-27-14-25-59-58-24-10-12-28-63(58)67-64(59)62)54-36-31-45(32-37-54)48-17-13-18-49(41-48)50-30-29-44-15-7-8-16-47(44)42-50/h1-43H. The molecule has 0 amide bonds. The van der Waals surface area contributed by atoms with Crippen molar-refractivity contribution in [2.24, 2.45) is 0 Å². The van der Waals surface area contributed by atoms with Crippen molar-refractivity contribution in [2.45, 2.75) is 5.41 Å². The first-order valence-electron chi connectivity index (χ1n) is 23.1. The topological polar surface area (TPSA) is 16.4 Å². The molecular weight excluding hydrogens is 811 g/mol. The quantitative estimate of drug-likeness (QED) is 0.151. The second kappa shape index (κ2) is 15.8. The largest absolute Gasteiger partial charge is 0.454 e. The molecular formula is C65H43NO. The van der Waals surface area contributed by atoms with Crippen LogP contribution < -0.4 is 4.90 Å². The van der Waals surface area contributed by atoms with Crippen LogP contribution in [0.3, 0.4) is 0 Å². The third-order valence-corrected chi connectivity index (χ3v) is 13.9. The van der Waals surface area contributed by atoms with E-state index in [2.05, 4.69) is 260 Å². The maximum absolute atomic E-state index is 6.70. The SMILES string of the molecule is c1ccc(C2(c3ccccc3)c3ccccc3-c3ccc(-c4ccc(N(c5ccc(-c6cccc(-c7ccc8ccccc8c7)c6)cc5)c5cccc6c5oc5ccccc56)cc4)cc32)cc1. The molecule has 12 aromatic rings. The van der Waals surface area contributed by atoms with Crippen LogP contribution in [0.1, 0.15) is 22.3 Å². The van der Waals surface area contributed by atoms with Crippen LogP contribution >= 0.6 is 0 Å². The highest BCUT2D eigenvalue weighted by Crippen LogP contribution is 2.57. The molecule has 0 saturated heterocycles. The van der Waals surface area contributed by atoms with Crippen molar-refractivity contribution in [1.29, 1.82) is 0 Å². The molecule has 2 heteroatoms. The summed E-state index contributed by atoms with van der Waals surface area (Å²) in [6.45, 7) is 0. The van der Waals surface area contributed by atoms with Crippen molar-refractivity contribution < 1.29 is 4.42 Å². The normalized spacial score (nSPS) is 12.6. The minimum Gasteiger partial charge on any atom is -0.454 e. The van der Waals surface area contributed by atoms with Gasteiger partial charge in [-0.25, -0.2) is 0 Å². The molecule has 1 heterocycles. The second-order valence-corrected chi connectivity index (χ2v) is 17.6. The van der Waals surface area contributed by atoms with Gasteiger partial charge in [-0.15, -0.1) is 0 Å². The molecule has 13 rings (SSSR count). The highest BCUT2D eigenvalue weighted by molar-refractivity contribution is 6.10.